The van der Waals surface area contributed by atoms with E-state index in [9.17, 15) is 0 Å². The van der Waals surface area contributed by atoms with E-state index in [-0.39, 0.29) is 0 Å². The molecular formula is C12H16O3. The monoisotopic (exact) mass is 208 g/mol. The maximum atomic E-state index is 5.54. The van der Waals surface area contributed by atoms with Crippen molar-refractivity contribution in [1.29, 1.82) is 0 Å². The van der Waals surface area contributed by atoms with Gasteiger partial charge < -0.3 is 13.9 Å². The van der Waals surface area contributed by atoms with Gasteiger partial charge in [-0.15, -0.1) is 0 Å². The standard InChI is InChI=1S/C12H16O3/c1-10(2)5-6-12(14-8-9-15-12)11-4-3-7-13-11/h3-4,7-10H,5-6H2,1-2H3. The van der Waals surface area contributed by atoms with Gasteiger partial charge in [-0.05, 0) is 24.5 Å². The van der Waals surface area contributed by atoms with Crippen LogP contribution in [0.2, 0.25) is 0 Å². The van der Waals surface area contributed by atoms with Crippen molar-refractivity contribution in [1.82, 2.24) is 0 Å². The molecule has 1 aromatic heterocycles. The average molecular weight is 208 g/mol. The van der Waals surface area contributed by atoms with Gasteiger partial charge in [0.15, 0.2) is 5.76 Å². The molecule has 0 saturated heterocycles. The van der Waals surface area contributed by atoms with E-state index in [1.165, 1.54) is 0 Å². The van der Waals surface area contributed by atoms with Crippen molar-refractivity contribution in [3.05, 3.63) is 36.7 Å². The van der Waals surface area contributed by atoms with Gasteiger partial charge in [0, 0.05) is 6.42 Å². The summed E-state index contributed by atoms with van der Waals surface area (Å²) in [5.74, 6) is 0.617. The van der Waals surface area contributed by atoms with Gasteiger partial charge in [0.2, 0.25) is 0 Å². The second-order valence-corrected chi connectivity index (χ2v) is 4.17. The molecule has 15 heavy (non-hydrogen) atoms. The van der Waals surface area contributed by atoms with Gasteiger partial charge in [0.1, 0.15) is 12.5 Å². The van der Waals surface area contributed by atoms with E-state index in [2.05, 4.69) is 13.8 Å². The second kappa shape index (κ2) is 4.01. The van der Waals surface area contributed by atoms with Gasteiger partial charge in [-0.2, -0.15) is 0 Å². The Bertz CT molecular complexity index is 317. The highest BCUT2D eigenvalue weighted by molar-refractivity contribution is 5.09. The highest BCUT2D eigenvalue weighted by atomic mass is 16.7. The molecule has 0 fully saturated rings. The van der Waals surface area contributed by atoms with Crippen LogP contribution in [0.25, 0.3) is 0 Å². The molecule has 0 unspecified atom stereocenters. The number of ether oxygens (including phenoxy) is 2. The van der Waals surface area contributed by atoms with Crippen molar-refractivity contribution in [3.8, 4) is 0 Å². The minimum atomic E-state index is -0.728. The first-order valence-corrected chi connectivity index (χ1v) is 5.27. The zero-order valence-electron chi connectivity index (χ0n) is 9.10. The van der Waals surface area contributed by atoms with Crippen molar-refractivity contribution in [3.63, 3.8) is 0 Å². The first kappa shape index (κ1) is 10.1. The Morgan fingerprint density at radius 3 is 2.53 bits per heavy atom. The number of furan rings is 1. The molecule has 0 aromatic carbocycles. The predicted octanol–water partition coefficient (Wildman–Crippen LogP) is 3.39. The lowest BCUT2D eigenvalue weighted by Crippen LogP contribution is -2.26. The summed E-state index contributed by atoms with van der Waals surface area (Å²) in [5.41, 5.74) is 0. The molecule has 0 spiro atoms. The van der Waals surface area contributed by atoms with Gasteiger partial charge in [-0.3, -0.25) is 0 Å². The molecule has 1 aliphatic heterocycles. The molecule has 0 atom stereocenters. The average Bonchev–Trinajstić information content (AvgIpc) is 2.86. The minimum absolute atomic E-state index is 0.615. The molecule has 82 valence electrons. The fourth-order valence-corrected chi connectivity index (χ4v) is 1.63. The van der Waals surface area contributed by atoms with Crippen LogP contribution in [0.1, 0.15) is 32.4 Å². The molecule has 2 rings (SSSR count). The lowest BCUT2D eigenvalue weighted by Gasteiger charge is -2.26. The van der Waals surface area contributed by atoms with Crippen LogP contribution in [0.5, 0.6) is 0 Å². The third kappa shape index (κ3) is 2.01. The molecule has 1 aromatic rings. The second-order valence-electron chi connectivity index (χ2n) is 4.17. The summed E-state index contributed by atoms with van der Waals surface area (Å²) in [6, 6.07) is 3.73. The van der Waals surface area contributed by atoms with Crippen LogP contribution in [-0.2, 0) is 15.3 Å². The largest absolute Gasteiger partial charge is 0.461 e. The van der Waals surface area contributed by atoms with Crippen LogP contribution < -0.4 is 0 Å². The Labute approximate surface area is 89.7 Å². The summed E-state index contributed by atoms with van der Waals surface area (Å²) in [5, 5.41) is 0. The Hall–Kier alpha value is -1.38. The Morgan fingerprint density at radius 1 is 1.27 bits per heavy atom. The summed E-state index contributed by atoms with van der Waals surface area (Å²) >= 11 is 0. The summed E-state index contributed by atoms with van der Waals surface area (Å²) < 4.78 is 16.4. The minimum Gasteiger partial charge on any atom is -0.461 e. The predicted molar refractivity (Wildman–Crippen MR) is 55.8 cm³/mol. The summed E-state index contributed by atoms with van der Waals surface area (Å²) in [7, 11) is 0. The lowest BCUT2D eigenvalue weighted by atomic mass is 10.0. The first-order valence-electron chi connectivity index (χ1n) is 5.27. The molecule has 2 heterocycles. The van der Waals surface area contributed by atoms with E-state index in [0.717, 1.165) is 18.6 Å². The van der Waals surface area contributed by atoms with Crippen LogP contribution in [0, 0.1) is 5.92 Å². The van der Waals surface area contributed by atoms with Crippen molar-refractivity contribution >= 4 is 0 Å². The van der Waals surface area contributed by atoms with Crippen molar-refractivity contribution in [2.24, 2.45) is 5.92 Å². The van der Waals surface area contributed by atoms with E-state index in [1.807, 2.05) is 12.1 Å². The molecule has 0 N–H and O–H groups in total. The topological polar surface area (TPSA) is 31.6 Å². The van der Waals surface area contributed by atoms with Gasteiger partial charge in [0.05, 0.1) is 6.26 Å². The van der Waals surface area contributed by atoms with E-state index in [0.29, 0.717) is 5.92 Å². The summed E-state index contributed by atoms with van der Waals surface area (Å²) in [6.45, 7) is 4.36. The van der Waals surface area contributed by atoms with Crippen molar-refractivity contribution in [2.75, 3.05) is 0 Å². The third-order valence-electron chi connectivity index (χ3n) is 2.52. The molecule has 0 bridgehead atoms. The molecule has 0 aliphatic carbocycles. The fourth-order valence-electron chi connectivity index (χ4n) is 1.63. The molecular weight excluding hydrogens is 192 g/mol. The first-order chi connectivity index (χ1) is 7.23. The highest BCUT2D eigenvalue weighted by Gasteiger charge is 2.40. The maximum Gasteiger partial charge on any atom is 0.309 e. The van der Waals surface area contributed by atoms with Gasteiger partial charge >= 0.3 is 5.79 Å². The quantitative estimate of drug-likeness (QED) is 0.760. The van der Waals surface area contributed by atoms with Crippen LogP contribution in [0.3, 0.4) is 0 Å². The SMILES string of the molecule is CC(C)CCC1(c2ccco2)OC=CO1. The molecule has 0 amide bonds. The smallest absolute Gasteiger partial charge is 0.309 e. The molecule has 1 aliphatic rings. The normalized spacial score (nSPS) is 17.8. The van der Waals surface area contributed by atoms with E-state index in [1.54, 1.807) is 18.8 Å². The zero-order valence-corrected chi connectivity index (χ0v) is 9.10. The van der Waals surface area contributed by atoms with E-state index >= 15 is 0 Å². The number of hydrogen-bond acceptors (Lipinski definition) is 3. The summed E-state index contributed by atoms with van der Waals surface area (Å²) in [4.78, 5) is 0. The van der Waals surface area contributed by atoms with Crippen molar-refractivity contribution < 1.29 is 13.9 Å². The van der Waals surface area contributed by atoms with Crippen molar-refractivity contribution in [2.45, 2.75) is 32.5 Å². The highest BCUT2D eigenvalue weighted by Crippen LogP contribution is 2.37. The third-order valence-corrected chi connectivity index (χ3v) is 2.52. The van der Waals surface area contributed by atoms with E-state index < -0.39 is 5.79 Å². The Balaban J connectivity index is 2.11. The Kier molecular flexibility index (Phi) is 2.71. The van der Waals surface area contributed by atoms with Crippen LogP contribution >= 0.6 is 0 Å². The van der Waals surface area contributed by atoms with E-state index in [4.69, 9.17) is 13.9 Å². The molecule has 3 nitrogen and oxygen atoms in total. The number of rotatable bonds is 4. The van der Waals surface area contributed by atoms with Gasteiger partial charge in [0.25, 0.3) is 0 Å². The zero-order chi connectivity index (χ0) is 10.7. The summed E-state index contributed by atoms with van der Waals surface area (Å²) in [6.07, 6.45) is 6.61. The number of hydrogen-bond donors (Lipinski definition) is 0. The lowest BCUT2D eigenvalue weighted by molar-refractivity contribution is -0.170. The molecule has 0 saturated carbocycles. The maximum absolute atomic E-state index is 5.54. The van der Waals surface area contributed by atoms with Gasteiger partial charge in [-0.25, -0.2) is 0 Å². The Morgan fingerprint density at radius 2 is 2.00 bits per heavy atom. The van der Waals surface area contributed by atoms with Crippen LogP contribution in [-0.4, -0.2) is 0 Å². The van der Waals surface area contributed by atoms with Gasteiger partial charge in [-0.1, -0.05) is 13.8 Å². The molecule has 0 radical (unpaired) electrons. The molecule has 3 heteroatoms. The fraction of sp³-hybridized carbons (Fsp3) is 0.500. The van der Waals surface area contributed by atoms with Crippen LogP contribution in [0.4, 0.5) is 0 Å². The van der Waals surface area contributed by atoms with Crippen LogP contribution in [0.15, 0.2) is 35.3 Å².